The summed E-state index contributed by atoms with van der Waals surface area (Å²) < 4.78 is 15.5. The van der Waals surface area contributed by atoms with Crippen molar-refractivity contribution >= 4 is 35.5 Å². The van der Waals surface area contributed by atoms with Crippen LogP contribution in [0.3, 0.4) is 0 Å². The van der Waals surface area contributed by atoms with Crippen molar-refractivity contribution in [1.82, 2.24) is 24.5 Å². The number of hydrogen-bond donors (Lipinski definition) is 3. The molecular formula is C21H20ClFN6O2. The van der Waals surface area contributed by atoms with Gasteiger partial charge in [0, 0.05) is 17.8 Å². The molecular weight excluding hydrogens is 423 g/mol. The molecule has 1 aromatic carbocycles. The highest BCUT2D eigenvalue weighted by Gasteiger charge is 2.19. The Hall–Kier alpha value is -3.56. The molecule has 0 aliphatic rings. The van der Waals surface area contributed by atoms with Gasteiger partial charge >= 0.3 is 0 Å². The predicted molar refractivity (Wildman–Crippen MR) is 120 cm³/mol. The van der Waals surface area contributed by atoms with E-state index in [9.17, 15) is 14.3 Å². The third-order valence-corrected chi connectivity index (χ3v) is 4.30. The van der Waals surface area contributed by atoms with Crippen molar-refractivity contribution < 1.29 is 9.50 Å². The molecule has 31 heavy (non-hydrogen) atoms. The largest absolute Gasteiger partial charge is 0.386 e. The van der Waals surface area contributed by atoms with Crippen molar-refractivity contribution in [2.75, 3.05) is 5.73 Å². The lowest BCUT2D eigenvalue weighted by molar-refractivity contribution is 0.134. The number of nitrogens with two attached hydrogens (primary N) is 1. The second kappa shape index (κ2) is 8.29. The Balaban J connectivity index is 0.00000272. The summed E-state index contributed by atoms with van der Waals surface area (Å²) in [6.07, 6.45) is 4.61. The van der Waals surface area contributed by atoms with Crippen molar-refractivity contribution in [3.63, 3.8) is 0 Å². The summed E-state index contributed by atoms with van der Waals surface area (Å²) in [5.41, 5.74) is 6.59. The first-order valence-corrected chi connectivity index (χ1v) is 9.14. The number of anilines is 1. The standard InChI is InChI=1S/C21H19FN6O2.ClH/c1-21(2,30)9-8-15-25-18(23)17-20(26-15)28(14-6-7-16(29)24-11-14)19(27-17)12-4-3-5-13(22)10-12;/h3-11,30H,1-2H3,(H,24,29)(H2,23,25,26);1H. The zero-order valence-electron chi connectivity index (χ0n) is 16.7. The van der Waals surface area contributed by atoms with E-state index in [1.54, 1.807) is 48.8 Å². The van der Waals surface area contributed by atoms with Gasteiger partial charge in [0.1, 0.15) is 11.6 Å². The molecule has 0 radical (unpaired) electrons. The van der Waals surface area contributed by atoms with Gasteiger partial charge in [0.05, 0.1) is 11.3 Å². The third-order valence-electron chi connectivity index (χ3n) is 4.30. The Morgan fingerprint density at radius 1 is 1.19 bits per heavy atom. The normalized spacial score (nSPS) is 11.7. The number of imidazole rings is 1. The Morgan fingerprint density at radius 3 is 2.61 bits per heavy atom. The molecule has 0 unspecified atom stereocenters. The molecule has 0 saturated heterocycles. The predicted octanol–water partition coefficient (Wildman–Crippen LogP) is 3.10. The number of nitrogen functional groups attached to an aromatic ring is 1. The second-order valence-electron chi connectivity index (χ2n) is 7.32. The highest BCUT2D eigenvalue weighted by Crippen LogP contribution is 2.29. The second-order valence-corrected chi connectivity index (χ2v) is 7.32. The van der Waals surface area contributed by atoms with E-state index in [-0.39, 0.29) is 29.6 Å². The van der Waals surface area contributed by atoms with E-state index < -0.39 is 11.4 Å². The number of aromatic amines is 1. The average Bonchev–Trinajstić information content (AvgIpc) is 3.07. The molecule has 3 heterocycles. The molecule has 0 bridgehead atoms. The number of rotatable bonds is 4. The number of fused-ring (bicyclic) bond motifs is 1. The summed E-state index contributed by atoms with van der Waals surface area (Å²) in [5.74, 6) is 0.385. The van der Waals surface area contributed by atoms with Crippen molar-refractivity contribution in [3.8, 4) is 17.1 Å². The Labute approximate surface area is 182 Å². The molecule has 3 aromatic heterocycles. The van der Waals surface area contributed by atoms with Gasteiger partial charge < -0.3 is 15.8 Å². The molecule has 4 aromatic rings. The molecule has 4 N–H and O–H groups in total. The summed E-state index contributed by atoms with van der Waals surface area (Å²) in [5, 5.41) is 9.94. The first-order valence-electron chi connectivity index (χ1n) is 9.14. The number of nitrogens with one attached hydrogen (secondary N) is 1. The lowest BCUT2D eigenvalue weighted by Gasteiger charge is -2.10. The maximum atomic E-state index is 13.9. The van der Waals surface area contributed by atoms with Crippen LogP contribution in [0.2, 0.25) is 0 Å². The van der Waals surface area contributed by atoms with Gasteiger partial charge in [-0.05, 0) is 44.2 Å². The van der Waals surface area contributed by atoms with Gasteiger partial charge in [-0.15, -0.1) is 12.4 Å². The maximum Gasteiger partial charge on any atom is 0.248 e. The lowest BCUT2D eigenvalue weighted by Crippen LogP contribution is -2.13. The number of pyridine rings is 1. The average molecular weight is 443 g/mol. The SMILES string of the molecule is CC(C)(O)C=Cc1nc(N)c2nc(-c3cccc(F)c3)n(-c3ccc(=O)[nH]c3)c2n1.Cl. The van der Waals surface area contributed by atoms with Crippen LogP contribution in [-0.2, 0) is 0 Å². The minimum absolute atomic E-state index is 0. The number of aromatic nitrogens is 5. The maximum absolute atomic E-state index is 13.9. The smallest absolute Gasteiger partial charge is 0.248 e. The van der Waals surface area contributed by atoms with E-state index >= 15 is 0 Å². The molecule has 0 spiro atoms. The molecule has 0 amide bonds. The molecule has 0 aliphatic heterocycles. The molecule has 0 atom stereocenters. The molecule has 10 heteroatoms. The molecule has 0 fully saturated rings. The Bertz CT molecular complexity index is 1320. The lowest BCUT2D eigenvalue weighted by atomic mass is 10.1. The fourth-order valence-electron chi connectivity index (χ4n) is 2.96. The number of nitrogens with zero attached hydrogens (tertiary/aromatic N) is 4. The summed E-state index contributed by atoms with van der Waals surface area (Å²) in [6, 6.07) is 8.95. The van der Waals surface area contributed by atoms with E-state index in [4.69, 9.17) is 5.73 Å². The molecule has 0 aliphatic carbocycles. The summed E-state index contributed by atoms with van der Waals surface area (Å²) >= 11 is 0. The van der Waals surface area contributed by atoms with Crippen LogP contribution >= 0.6 is 12.4 Å². The van der Waals surface area contributed by atoms with Crippen LogP contribution in [0.25, 0.3) is 34.3 Å². The van der Waals surface area contributed by atoms with Crippen molar-refractivity contribution in [1.29, 1.82) is 0 Å². The fraction of sp³-hybridized carbons (Fsp3) is 0.143. The van der Waals surface area contributed by atoms with Crippen LogP contribution < -0.4 is 11.3 Å². The number of aliphatic hydroxyl groups is 1. The number of H-pyrrole nitrogens is 1. The zero-order chi connectivity index (χ0) is 21.5. The van der Waals surface area contributed by atoms with Crippen molar-refractivity contribution in [2.45, 2.75) is 19.4 Å². The van der Waals surface area contributed by atoms with Crippen LogP contribution in [0.4, 0.5) is 10.2 Å². The number of hydrogen-bond acceptors (Lipinski definition) is 6. The quantitative estimate of drug-likeness (QED) is 0.446. The number of benzene rings is 1. The molecule has 4 rings (SSSR count). The Kier molecular flexibility index (Phi) is 5.92. The topological polar surface area (TPSA) is 123 Å². The molecule has 0 saturated carbocycles. The summed E-state index contributed by atoms with van der Waals surface area (Å²) in [7, 11) is 0. The van der Waals surface area contributed by atoms with Gasteiger partial charge in [-0.25, -0.2) is 19.3 Å². The van der Waals surface area contributed by atoms with E-state index in [1.165, 1.54) is 24.4 Å². The van der Waals surface area contributed by atoms with Crippen LogP contribution in [0, 0.1) is 5.82 Å². The molecule has 160 valence electrons. The Morgan fingerprint density at radius 2 is 1.97 bits per heavy atom. The van der Waals surface area contributed by atoms with Crippen LogP contribution in [-0.4, -0.2) is 35.2 Å². The monoisotopic (exact) mass is 442 g/mol. The van der Waals surface area contributed by atoms with E-state index in [1.807, 2.05) is 0 Å². The highest BCUT2D eigenvalue weighted by molar-refractivity contribution is 5.88. The van der Waals surface area contributed by atoms with Crippen LogP contribution in [0.1, 0.15) is 19.7 Å². The van der Waals surface area contributed by atoms with Gasteiger partial charge in [-0.2, -0.15) is 0 Å². The van der Waals surface area contributed by atoms with Gasteiger partial charge in [-0.3, -0.25) is 9.36 Å². The van der Waals surface area contributed by atoms with E-state index in [0.29, 0.717) is 28.2 Å². The summed E-state index contributed by atoms with van der Waals surface area (Å²) in [4.78, 5) is 27.5. The van der Waals surface area contributed by atoms with E-state index in [2.05, 4.69) is 19.9 Å². The van der Waals surface area contributed by atoms with Gasteiger partial charge in [0.25, 0.3) is 0 Å². The third kappa shape index (κ3) is 4.62. The zero-order valence-corrected chi connectivity index (χ0v) is 17.5. The fourth-order valence-corrected chi connectivity index (χ4v) is 2.96. The minimum atomic E-state index is -1.06. The van der Waals surface area contributed by atoms with Crippen molar-refractivity contribution in [2.24, 2.45) is 0 Å². The molecule has 8 nitrogen and oxygen atoms in total. The first-order chi connectivity index (χ1) is 14.2. The van der Waals surface area contributed by atoms with Crippen molar-refractivity contribution in [3.05, 3.63) is 70.7 Å². The van der Waals surface area contributed by atoms with Crippen LogP contribution in [0.5, 0.6) is 0 Å². The first kappa shape index (κ1) is 22.1. The summed E-state index contributed by atoms with van der Waals surface area (Å²) in [6.45, 7) is 3.25. The van der Waals surface area contributed by atoms with E-state index in [0.717, 1.165) is 0 Å². The van der Waals surface area contributed by atoms with Gasteiger partial charge in [-0.1, -0.05) is 12.1 Å². The highest BCUT2D eigenvalue weighted by atomic mass is 35.5. The minimum Gasteiger partial charge on any atom is -0.386 e. The van der Waals surface area contributed by atoms with Gasteiger partial charge in [0.15, 0.2) is 22.8 Å². The van der Waals surface area contributed by atoms with Gasteiger partial charge in [0.2, 0.25) is 5.56 Å². The number of halogens is 2. The van der Waals surface area contributed by atoms with Crippen LogP contribution in [0.15, 0.2) is 53.5 Å².